The number of aromatic nitrogens is 3. The van der Waals surface area contributed by atoms with Crippen molar-refractivity contribution in [1.29, 1.82) is 0 Å². The van der Waals surface area contributed by atoms with Crippen molar-refractivity contribution in [2.45, 2.75) is 20.3 Å². The monoisotopic (exact) mass is 477 g/mol. The summed E-state index contributed by atoms with van der Waals surface area (Å²) in [5, 5.41) is 13.6. The quantitative estimate of drug-likeness (QED) is 0.335. The zero-order valence-electron chi connectivity index (χ0n) is 18.6. The van der Waals surface area contributed by atoms with Gasteiger partial charge in [0.15, 0.2) is 0 Å². The summed E-state index contributed by atoms with van der Waals surface area (Å²) in [5.74, 6) is -2.84. The summed E-state index contributed by atoms with van der Waals surface area (Å²) in [4.78, 5) is 15.7. The van der Waals surface area contributed by atoms with E-state index in [1.54, 1.807) is 32.2 Å². The predicted molar refractivity (Wildman–Crippen MR) is 123 cm³/mol. The van der Waals surface area contributed by atoms with Gasteiger partial charge in [0.2, 0.25) is 0 Å². The van der Waals surface area contributed by atoms with Crippen LogP contribution in [0.5, 0.6) is 0 Å². The molecule has 5 rings (SSSR count). The third kappa shape index (κ3) is 3.84. The van der Waals surface area contributed by atoms with Gasteiger partial charge >= 0.3 is 5.97 Å². The van der Waals surface area contributed by atoms with Crippen LogP contribution >= 0.6 is 0 Å². The van der Waals surface area contributed by atoms with Crippen LogP contribution in [0.2, 0.25) is 0 Å². The first-order valence-electron chi connectivity index (χ1n) is 10.6. The molecule has 0 fully saturated rings. The number of fused-ring (bicyclic) bond motifs is 1. The maximum Gasteiger partial charge on any atom is 0.307 e. The lowest BCUT2D eigenvalue weighted by Crippen LogP contribution is -2.03. The van der Waals surface area contributed by atoms with Crippen LogP contribution in [0.3, 0.4) is 0 Å². The minimum absolute atomic E-state index is 0.0127. The number of carboxylic acids is 1. The SMILES string of the molecule is Cc1noc(C)c1-c1cnc2c(c1)c(-c1cccc(CC(=O)O)c1F)cn2-c1ccc(F)cc1F. The Morgan fingerprint density at radius 3 is 2.57 bits per heavy atom. The van der Waals surface area contributed by atoms with Crippen LogP contribution in [0.1, 0.15) is 17.0 Å². The number of aliphatic carboxylic acids is 1. The highest BCUT2D eigenvalue weighted by Crippen LogP contribution is 2.37. The summed E-state index contributed by atoms with van der Waals surface area (Å²) in [6, 6.07) is 9.40. The van der Waals surface area contributed by atoms with Crippen molar-refractivity contribution in [3.8, 4) is 27.9 Å². The van der Waals surface area contributed by atoms with Crippen molar-refractivity contribution >= 4 is 17.0 Å². The van der Waals surface area contributed by atoms with Crippen LogP contribution in [0.4, 0.5) is 13.2 Å². The Hall–Kier alpha value is -4.40. The lowest BCUT2D eigenvalue weighted by Gasteiger charge is -2.07. The van der Waals surface area contributed by atoms with Crippen molar-refractivity contribution < 1.29 is 27.6 Å². The first-order chi connectivity index (χ1) is 16.7. The molecule has 0 spiro atoms. The van der Waals surface area contributed by atoms with Crippen molar-refractivity contribution in [3.05, 3.63) is 89.3 Å². The minimum Gasteiger partial charge on any atom is -0.481 e. The minimum atomic E-state index is -1.17. The third-order valence-electron chi connectivity index (χ3n) is 5.85. The summed E-state index contributed by atoms with van der Waals surface area (Å²) < 4.78 is 50.4. The van der Waals surface area contributed by atoms with E-state index < -0.39 is 29.8 Å². The number of benzene rings is 2. The van der Waals surface area contributed by atoms with E-state index in [0.29, 0.717) is 33.6 Å². The van der Waals surface area contributed by atoms with Crippen LogP contribution in [0, 0.1) is 31.3 Å². The highest BCUT2D eigenvalue weighted by atomic mass is 19.1. The van der Waals surface area contributed by atoms with Gasteiger partial charge in [-0.25, -0.2) is 18.2 Å². The summed E-state index contributed by atoms with van der Waals surface area (Å²) >= 11 is 0. The third-order valence-corrected chi connectivity index (χ3v) is 5.85. The Morgan fingerprint density at radius 2 is 1.89 bits per heavy atom. The molecule has 176 valence electrons. The van der Waals surface area contributed by atoms with E-state index in [0.717, 1.165) is 17.7 Å². The number of carbonyl (C=O) groups is 1. The molecule has 35 heavy (non-hydrogen) atoms. The van der Waals surface area contributed by atoms with Crippen molar-refractivity contribution in [2.75, 3.05) is 0 Å². The molecule has 5 aromatic rings. The molecule has 9 heteroatoms. The molecule has 0 saturated carbocycles. The van der Waals surface area contributed by atoms with Gasteiger partial charge < -0.3 is 9.63 Å². The van der Waals surface area contributed by atoms with Gasteiger partial charge in [0.25, 0.3) is 0 Å². The molecule has 0 aliphatic heterocycles. The van der Waals surface area contributed by atoms with E-state index >= 15 is 4.39 Å². The number of nitrogens with zero attached hydrogens (tertiary/aromatic N) is 3. The number of halogens is 3. The molecule has 6 nitrogen and oxygen atoms in total. The highest BCUT2D eigenvalue weighted by Gasteiger charge is 2.21. The molecule has 0 amide bonds. The number of carboxylic acid groups (broad SMARTS) is 1. The number of hydrogen-bond acceptors (Lipinski definition) is 4. The molecule has 0 saturated heterocycles. The fraction of sp³-hybridized carbons (Fsp3) is 0.115. The van der Waals surface area contributed by atoms with Gasteiger partial charge in [-0.3, -0.25) is 9.36 Å². The Bertz CT molecular complexity index is 1600. The lowest BCUT2D eigenvalue weighted by atomic mass is 9.99. The van der Waals surface area contributed by atoms with Gasteiger partial charge in [-0.15, -0.1) is 0 Å². The van der Waals surface area contributed by atoms with Crippen LogP contribution in [0.15, 0.2) is 59.4 Å². The normalized spacial score (nSPS) is 11.3. The fourth-order valence-electron chi connectivity index (χ4n) is 4.30. The second kappa shape index (κ2) is 8.43. The van der Waals surface area contributed by atoms with Crippen molar-refractivity contribution in [3.63, 3.8) is 0 Å². The Morgan fingerprint density at radius 1 is 1.09 bits per heavy atom. The van der Waals surface area contributed by atoms with E-state index in [1.807, 2.05) is 0 Å². The van der Waals surface area contributed by atoms with Crippen molar-refractivity contribution in [1.82, 2.24) is 14.7 Å². The lowest BCUT2D eigenvalue weighted by molar-refractivity contribution is -0.136. The van der Waals surface area contributed by atoms with E-state index in [2.05, 4.69) is 10.1 Å². The number of rotatable bonds is 5. The van der Waals surface area contributed by atoms with Crippen LogP contribution in [0.25, 0.3) is 39.0 Å². The summed E-state index contributed by atoms with van der Waals surface area (Å²) in [7, 11) is 0. The maximum atomic E-state index is 15.5. The fourth-order valence-corrected chi connectivity index (χ4v) is 4.30. The molecule has 3 aromatic heterocycles. The van der Waals surface area contributed by atoms with Gasteiger partial charge in [-0.1, -0.05) is 23.4 Å². The molecule has 0 unspecified atom stereocenters. The largest absolute Gasteiger partial charge is 0.481 e. The molecule has 1 N–H and O–H groups in total. The van der Waals surface area contributed by atoms with E-state index in [9.17, 15) is 13.6 Å². The van der Waals surface area contributed by atoms with Gasteiger partial charge in [0.1, 0.15) is 28.9 Å². The van der Waals surface area contributed by atoms with Crippen LogP contribution in [-0.2, 0) is 11.2 Å². The Labute approximate surface area is 197 Å². The molecule has 2 aromatic carbocycles. The van der Waals surface area contributed by atoms with Crippen molar-refractivity contribution in [2.24, 2.45) is 0 Å². The molecule has 3 heterocycles. The van der Waals surface area contributed by atoms with Gasteiger partial charge in [-0.05, 0) is 37.6 Å². The van der Waals surface area contributed by atoms with E-state index in [4.69, 9.17) is 9.63 Å². The predicted octanol–water partition coefficient (Wildman–Crippen LogP) is 6.01. The average Bonchev–Trinajstić information content (AvgIpc) is 3.34. The Kier molecular flexibility index (Phi) is 5.39. The standard InChI is InChI=1S/C26H18F3N3O3/c1-13-24(14(2)35-31-13)16-8-19-20(18-5-3-4-15(25(18)29)9-23(33)34)12-32(26(19)30-11-16)22-7-6-17(27)10-21(22)28/h3-8,10-12H,9H2,1-2H3,(H,33,34). The topological polar surface area (TPSA) is 81.2 Å². The number of pyridine rings is 1. The summed E-state index contributed by atoms with van der Waals surface area (Å²) in [6.07, 6.45) is 2.59. The summed E-state index contributed by atoms with van der Waals surface area (Å²) in [6.45, 7) is 3.54. The van der Waals surface area contributed by atoms with Gasteiger partial charge in [0, 0.05) is 46.1 Å². The molecule has 0 atom stereocenters. The zero-order chi connectivity index (χ0) is 24.9. The highest BCUT2D eigenvalue weighted by molar-refractivity contribution is 5.97. The van der Waals surface area contributed by atoms with Crippen LogP contribution < -0.4 is 0 Å². The number of hydrogen-bond donors (Lipinski definition) is 1. The smallest absolute Gasteiger partial charge is 0.307 e. The molecule has 0 aliphatic rings. The molecular formula is C26H18F3N3O3. The van der Waals surface area contributed by atoms with Crippen LogP contribution in [-0.4, -0.2) is 25.8 Å². The van der Waals surface area contributed by atoms with E-state index in [-0.39, 0.29) is 16.8 Å². The molecule has 0 bridgehead atoms. The zero-order valence-corrected chi connectivity index (χ0v) is 18.6. The molecule has 0 radical (unpaired) electrons. The Balaban J connectivity index is 1.81. The second-order valence-electron chi connectivity index (χ2n) is 8.15. The number of aryl methyl sites for hydroxylation is 2. The maximum absolute atomic E-state index is 15.5. The summed E-state index contributed by atoms with van der Waals surface area (Å²) in [5.41, 5.74) is 2.89. The first kappa shape index (κ1) is 22.4. The van der Waals surface area contributed by atoms with Gasteiger partial charge in [0.05, 0.1) is 17.8 Å². The molecule has 0 aliphatic carbocycles. The second-order valence-corrected chi connectivity index (χ2v) is 8.15. The first-order valence-corrected chi connectivity index (χ1v) is 10.6. The van der Waals surface area contributed by atoms with Gasteiger partial charge in [-0.2, -0.15) is 0 Å². The molecular weight excluding hydrogens is 459 g/mol. The average molecular weight is 477 g/mol. The van der Waals surface area contributed by atoms with E-state index in [1.165, 1.54) is 29.0 Å².